The Labute approximate surface area is 321 Å². The first kappa shape index (κ1) is 30.9. The van der Waals surface area contributed by atoms with Gasteiger partial charge < -0.3 is 18.3 Å². The van der Waals surface area contributed by atoms with Gasteiger partial charge in [-0.25, -0.2) is 0 Å². The van der Waals surface area contributed by atoms with Crippen molar-refractivity contribution in [2.24, 2.45) is 0 Å². The summed E-state index contributed by atoms with van der Waals surface area (Å²) in [5.74, 6) is 0. The van der Waals surface area contributed by atoms with E-state index in [0.29, 0.717) is 0 Å². The molecule has 0 N–H and O–H groups in total. The predicted molar refractivity (Wildman–Crippen MR) is 233 cm³/mol. The minimum Gasteiger partial charge on any atom is -0.456 e. The summed E-state index contributed by atoms with van der Waals surface area (Å²) in [6.07, 6.45) is 0. The minimum absolute atomic E-state index is 0.902. The molecule has 0 saturated carbocycles. The van der Waals surface area contributed by atoms with E-state index in [9.17, 15) is 0 Å². The van der Waals surface area contributed by atoms with E-state index in [1.54, 1.807) is 0 Å². The highest BCUT2D eigenvalue weighted by Gasteiger charge is 2.18. The van der Waals surface area contributed by atoms with Gasteiger partial charge in [0.05, 0.1) is 11.2 Å². The summed E-state index contributed by atoms with van der Waals surface area (Å²) in [6, 6.07) is 69.4. The molecule has 4 heteroatoms. The summed E-state index contributed by atoms with van der Waals surface area (Å²) in [5, 5.41) is 10.3. The first-order chi connectivity index (χ1) is 27.7. The van der Waals surface area contributed by atoms with E-state index < -0.39 is 0 Å². The molecule has 0 aliphatic heterocycles. The molecule has 4 nitrogen and oxygen atoms in total. The predicted octanol–water partition coefficient (Wildman–Crippen LogP) is 14.9. The Hall–Kier alpha value is -7.56. The average Bonchev–Trinajstić information content (AvgIpc) is 3.93. The van der Waals surface area contributed by atoms with Crippen molar-refractivity contribution >= 4 is 93.4 Å². The number of nitrogens with zero attached hydrogens (tertiary/aromatic N) is 2. The van der Waals surface area contributed by atoms with Gasteiger partial charge in [0.2, 0.25) is 0 Å². The Morgan fingerprint density at radius 2 is 0.875 bits per heavy atom. The lowest BCUT2D eigenvalue weighted by molar-refractivity contribution is 0.669. The van der Waals surface area contributed by atoms with Crippen LogP contribution in [0.1, 0.15) is 0 Å². The third-order valence-electron chi connectivity index (χ3n) is 11.3. The molecule has 12 rings (SSSR count). The van der Waals surface area contributed by atoms with Crippen LogP contribution in [0.5, 0.6) is 0 Å². The first-order valence-electron chi connectivity index (χ1n) is 19.0. The maximum absolute atomic E-state index is 6.25. The molecule has 0 radical (unpaired) electrons. The topological polar surface area (TPSA) is 34.5 Å². The van der Waals surface area contributed by atoms with E-state index in [-0.39, 0.29) is 0 Å². The molecule has 12 aromatic rings. The quantitative estimate of drug-likeness (QED) is 0.178. The van der Waals surface area contributed by atoms with Crippen molar-refractivity contribution < 1.29 is 8.83 Å². The van der Waals surface area contributed by atoms with Gasteiger partial charge in [0.15, 0.2) is 0 Å². The molecule has 0 aliphatic carbocycles. The molecular weight excluding hydrogens is 685 g/mol. The molecule has 0 saturated heterocycles. The molecule has 0 fully saturated rings. The van der Waals surface area contributed by atoms with Crippen LogP contribution in [0, 0.1) is 0 Å². The van der Waals surface area contributed by atoms with E-state index in [0.717, 1.165) is 99.4 Å². The fourth-order valence-corrected chi connectivity index (χ4v) is 8.64. The molecule has 0 spiro atoms. The fraction of sp³-hybridized carbons (Fsp3) is 0. The van der Waals surface area contributed by atoms with Crippen LogP contribution in [-0.2, 0) is 0 Å². The normalized spacial score (nSPS) is 11.9. The Kier molecular flexibility index (Phi) is 6.60. The lowest BCUT2D eigenvalue weighted by Crippen LogP contribution is -2.10. The van der Waals surface area contributed by atoms with Crippen molar-refractivity contribution in [3.8, 4) is 16.9 Å². The number of furan rings is 2. The molecule has 262 valence electrons. The van der Waals surface area contributed by atoms with E-state index in [2.05, 4.69) is 179 Å². The van der Waals surface area contributed by atoms with Crippen molar-refractivity contribution in [2.45, 2.75) is 0 Å². The van der Waals surface area contributed by atoms with E-state index in [1.807, 2.05) is 24.3 Å². The number of benzene rings is 9. The zero-order valence-electron chi connectivity index (χ0n) is 30.2. The average molecular weight is 717 g/mol. The fourth-order valence-electron chi connectivity index (χ4n) is 8.64. The number of aromatic nitrogens is 1. The number of fused-ring (bicyclic) bond motifs is 9. The Balaban J connectivity index is 1.04. The highest BCUT2D eigenvalue weighted by molar-refractivity contribution is 6.12. The summed E-state index contributed by atoms with van der Waals surface area (Å²) < 4.78 is 14.9. The van der Waals surface area contributed by atoms with Gasteiger partial charge in [0.25, 0.3) is 0 Å². The molecule has 0 bridgehead atoms. The zero-order chi connectivity index (χ0) is 36.7. The van der Waals surface area contributed by atoms with E-state index in [4.69, 9.17) is 8.83 Å². The third kappa shape index (κ3) is 4.79. The molecule has 56 heavy (non-hydrogen) atoms. The number of hydrogen-bond acceptors (Lipinski definition) is 3. The lowest BCUT2D eigenvalue weighted by Gasteiger charge is -2.26. The van der Waals surface area contributed by atoms with Crippen LogP contribution in [0.15, 0.2) is 203 Å². The molecule has 3 aromatic heterocycles. The second kappa shape index (κ2) is 12.0. The molecule has 0 amide bonds. The Bertz CT molecular complexity index is 3330. The number of para-hydroxylation sites is 4. The molecule has 3 heterocycles. The van der Waals surface area contributed by atoms with Crippen LogP contribution in [-0.4, -0.2) is 4.57 Å². The van der Waals surface area contributed by atoms with Crippen molar-refractivity contribution in [1.82, 2.24) is 4.57 Å². The molecule has 0 unspecified atom stereocenters. The number of rotatable bonds is 5. The minimum atomic E-state index is 0.902. The molecule has 0 aliphatic rings. The van der Waals surface area contributed by atoms with Crippen molar-refractivity contribution in [3.05, 3.63) is 194 Å². The van der Waals surface area contributed by atoms with Crippen LogP contribution in [0.2, 0.25) is 0 Å². The zero-order valence-corrected chi connectivity index (χ0v) is 30.2. The van der Waals surface area contributed by atoms with Gasteiger partial charge in [-0.15, -0.1) is 0 Å². The van der Waals surface area contributed by atoms with Gasteiger partial charge in [0.1, 0.15) is 22.3 Å². The second-order valence-corrected chi connectivity index (χ2v) is 14.6. The van der Waals surface area contributed by atoms with Gasteiger partial charge in [-0.3, -0.25) is 0 Å². The summed E-state index contributed by atoms with van der Waals surface area (Å²) in [4.78, 5) is 2.37. The van der Waals surface area contributed by atoms with Crippen LogP contribution < -0.4 is 4.90 Å². The monoisotopic (exact) mass is 716 g/mol. The number of hydrogen-bond donors (Lipinski definition) is 0. The summed E-state index contributed by atoms with van der Waals surface area (Å²) >= 11 is 0. The van der Waals surface area contributed by atoms with E-state index >= 15 is 0 Å². The number of anilines is 3. The van der Waals surface area contributed by atoms with E-state index in [1.165, 1.54) is 10.9 Å². The van der Waals surface area contributed by atoms with Gasteiger partial charge in [-0.1, -0.05) is 97.1 Å². The molecular formula is C52H32N2O2. The third-order valence-corrected chi connectivity index (χ3v) is 11.3. The summed E-state index contributed by atoms with van der Waals surface area (Å²) in [5.41, 5.74) is 11.5. The maximum Gasteiger partial charge on any atom is 0.136 e. The Morgan fingerprint density at radius 1 is 0.339 bits per heavy atom. The Morgan fingerprint density at radius 3 is 1.50 bits per heavy atom. The first-order valence-corrected chi connectivity index (χ1v) is 19.0. The summed E-state index contributed by atoms with van der Waals surface area (Å²) in [6.45, 7) is 0. The van der Waals surface area contributed by atoms with Crippen LogP contribution >= 0.6 is 0 Å². The van der Waals surface area contributed by atoms with Crippen LogP contribution in [0.3, 0.4) is 0 Å². The van der Waals surface area contributed by atoms with Crippen LogP contribution in [0.4, 0.5) is 17.1 Å². The molecule has 0 atom stereocenters. The smallest absolute Gasteiger partial charge is 0.136 e. The molecule has 9 aromatic carbocycles. The van der Waals surface area contributed by atoms with Crippen LogP contribution in [0.25, 0.3) is 93.3 Å². The highest BCUT2D eigenvalue weighted by atomic mass is 16.3. The van der Waals surface area contributed by atoms with Crippen molar-refractivity contribution in [1.29, 1.82) is 0 Å². The maximum atomic E-state index is 6.25. The van der Waals surface area contributed by atoms with Gasteiger partial charge in [-0.2, -0.15) is 0 Å². The highest BCUT2D eigenvalue weighted by Crippen LogP contribution is 2.42. The van der Waals surface area contributed by atoms with Gasteiger partial charge >= 0.3 is 0 Å². The second-order valence-electron chi connectivity index (χ2n) is 14.6. The van der Waals surface area contributed by atoms with Gasteiger partial charge in [-0.05, 0) is 124 Å². The SMILES string of the molecule is c1ccc(-n2c(-c3ccc(N(c4ccc5cc6oc7ccccc7c6cc5c4)c4ccc5cc6oc7ccccc7c6cc5c4)cc3)cc3ccccc32)cc1. The summed E-state index contributed by atoms with van der Waals surface area (Å²) in [7, 11) is 0. The standard InChI is InChI=1S/C52H32N2O2/c1-2-11-39(12-3-1)54-47-15-7-4-10-36(47)30-48(54)33-18-22-40(23-19-33)53(41-24-20-34-31-51-45(28-37(34)26-41)43-13-5-8-16-49(43)55-51)42-25-21-35-32-52-46(29-38(35)27-42)44-14-6-9-17-50(44)56-52/h1-32H. The lowest BCUT2D eigenvalue weighted by atomic mass is 10.0. The van der Waals surface area contributed by atoms with Gasteiger partial charge in [0, 0.05) is 49.7 Å². The van der Waals surface area contributed by atoms with Crippen molar-refractivity contribution in [3.63, 3.8) is 0 Å². The van der Waals surface area contributed by atoms with Crippen molar-refractivity contribution in [2.75, 3.05) is 4.90 Å². The largest absolute Gasteiger partial charge is 0.456 e.